The molecule has 0 unspecified atom stereocenters. The first-order chi connectivity index (χ1) is 11.7. The van der Waals surface area contributed by atoms with Crippen molar-refractivity contribution in [2.75, 3.05) is 0 Å². The second kappa shape index (κ2) is 7.06. The zero-order valence-corrected chi connectivity index (χ0v) is 13.4. The van der Waals surface area contributed by atoms with Crippen LogP contribution in [0.4, 0.5) is 0 Å². The predicted octanol–water partition coefficient (Wildman–Crippen LogP) is 3.24. The van der Waals surface area contributed by atoms with Crippen molar-refractivity contribution < 1.29 is 12.7 Å². The minimum atomic E-state index is -3.99. The molecule has 5 nitrogen and oxygen atoms in total. The number of nitrogens with zero attached hydrogens (tertiary/aromatic N) is 2. The fraction of sp³-hybridized carbons (Fsp3) is 0. The Morgan fingerprint density at radius 1 is 0.833 bits per heavy atom. The van der Waals surface area contributed by atoms with E-state index < -0.39 is 10.1 Å². The van der Waals surface area contributed by atoms with Crippen molar-refractivity contribution in [3.8, 4) is 0 Å². The molecule has 6 heteroatoms. The standard InChI is InChI=1S/C18H14N2O3S/c21-24(22,16-11-5-2-6-12-16)23-20-18(15-9-3-1-4-10-15)17-13-7-8-14-19-17/h1-14H/b20-18+. The average Bonchev–Trinajstić information content (AvgIpc) is 2.64. The second-order valence-corrected chi connectivity index (χ2v) is 6.39. The van der Waals surface area contributed by atoms with Gasteiger partial charge in [-0.3, -0.25) is 9.27 Å². The molecule has 0 N–H and O–H groups in total. The molecule has 0 bridgehead atoms. The average molecular weight is 338 g/mol. The Morgan fingerprint density at radius 2 is 1.46 bits per heavy atom. The molecule has 0 radical (unpaired) electrons. The Bertz CT molecular complexity index is 884. The lowest BCUT2D eigenvalue weighted by atomic mass is 10.1. The molecule has 24 heavy (non-hydrogen) atoms. The van der Waals surface area contributed by atoms with E-state index in [0.29, 0.717) is 17.0 Å². The minimum absolute atomic E-state index is 0.0437. The molecular weight excluding hydrogens is 324 g/mol. The first-order valence-corrected chi connectivity index (χ1v) is 8.61. The largest absolute Gasteiger partial charge is 0.358 e. The maximum atomic E-state index is 12.2. The number of pyridine rings is 1. The summed E-state index contributed by atoms with van der Waals surface area (Å²) >= 11 is 0. The summed E-state index contributed by atoms with van der Waals surface area (Å²) < 4.78 is 29.4. The lowest BCUT2D eigenvalue weighted by Crippen LogP contribution is -2.09. The molecule has 0 amide bonds. The van der Waals surface area contributed by atoms with Gasteiger partial charge in [-0.05, 0) is 24.3 Å². The molecule has 0 fully saturated rings. The molecule has 0 aliphatic rings. The molecule has 120 valence electrons. The Kier molecular flexibility index (Phi) is 4.67. The fourth-order valence-corrected chi connectivity index (χ4v) is 2.81. The van der Waals surface area contributed by atoms with E-state index in [0.717, 1.165) is 0 Å². The summed E-state index contributed by atoms with van der Waals surface area (Å²) in [6.07, 6.45) is 1.61. The lowest BCUT2D eigenvalue weighted by molar-refractivity contribution is 0.339. The topological polar surface area (TPSA) is 68.6 Å². The van der Waals surface area contributed by atoms with Gasteiger partial charge in [0.1, 0.15) is 10.6 Å². The number of oxime groups is 1. The minimum Gasteiger partial charge on any atom is -0.264 e. The van der Waals surface area contributed by atoms with E-state index in [1.807, 2.05) is 30.3 Å². The highest BCUT2D eigenvalue weighted by molar-refractivity contribution is 7.86. The molecule has 3 aromatic rings. The van der Waals surface area contributed by atoms with Crippen LogP contribution in [0.3, 0.4) is 0 Å². The zero-order valence-electron chi connectivity index (χ0n) is 12.6. The van der Waals surface area contributed by atoms with Gasteiger partial charge in [0.2, 0.25) is 0 Å². The van der Waals surface area contributed by atoms with Crippen LogP contribution in [-0.2, 0) is 14.4 Å². The van der Waals surface area contributed by atoms with Gasteiger partial charge in [-0.1, -0.05) is 59.8 Å². The van der Waals surface area contributed by atoms with Crippen molar-refractivity contribution in [3.63, 3.8) is 0 Å². The van der Waals surface area contributed by atoms with Crippen molar-refractivity contribution in [3.05, 3.63) is 96.3 Å². The Hall–Kier alpha value is -2.99. The first kappa shape index (κ1) is 15.9. The number of hydrogen-bond donors (Lipinski definition) is 0. The maximum Gasteiger partial charge on any atom is 0.358 e. The number of rotatable bonds is 5. The summed E-state index contributed by atoms with van der Waals surface area (Å²) in [5.41, 5.74) is 1.57. The Morgan fingerprint density at radius 3 is 2.08 bits per heavy atom. The third kappa shape index (κ3) is 3.67. The summed E-state index contributed by atoms with van der Waals surface area (Å²) in [6.45, 7) is 0. The van der Waals surface area contributed by atoms with E-state index in [1.54, 1.807) is 42.6 Å². The highest BCUT2D eigenvalue weighted by Gasteiger charge is 2.17. The van der Waals surface area contributed by atoms with Crippen LogP contribution in [0.15, 0.2) is 95.1 Å². The van der Waals surface area contributed by atoms with Gasteiger partial charge < -0.3 is 0 Å². The van der Waals surface area contributed by atoms with Crippen molar-refractivity contribution in [2.24, 2.45) is 5.16 Å². The van der Waals surface area contributed by atoms with Gasteiger partial charge in [-0.15, -0.1) is 0 Å². The predicted molar refractivity (Wildman–Crippen MR) is 91.0 cm³/mol. The fourth-order valence-electron chi connectivity index (χ4n) is 2.06. The van der Waals surface area contributed by atoms with Crippen LogP contribution >= 0.6 is 0 Å². The summed E-state index contributed by atoms with van der Waals surface area (Å²) in [6, 6.07) is 22.3. The Balaban J connectivity index is 1.99. The molecule has 0 atom stereocenters. The summed E-state index contributed by atoms with van der Waals surface area (Å²) in [4.78, 5) is 4.27. The third-order valence-electron chi connectivity index (χ3n) is 3.21. The van der Waals surface area contributed by atoms with Crippen LogP contribution in [0.25, 0.3) is 0 Å². The smallest absolute Gasteiger partial charge is 0.264 e. The van der Waals surface area contributed by atoms with Crippen molar-refractivity contribution in [1.29, 1.82) is 0 Å². The van der Waals surface area contributed by atoms with Crippen molar-refractivity contribution in [1.82, 2.24) is 4.98 Å². The van der Waals surface area contributed by atoms with E-state index in [2.05, 4.69) is 10.1 Å². The molecule has 0 aliphatic carbocycles. The molecule has 1 aromatic heterocycles. The monoisotopic (exact) mass is 338 g/mol. The molecule has 1 heterocycles. The summed E-state index contributed by atoms with van der Waals surface area (Å²) in [5, 5.41) is 3.88. The molecule has 0 spiro atoms. The van der Waals surface area contributed by atoms with Gasteiger partial charge in [0.25, 0.3) is 0 Å². The van der Waals surface area contributed by atoms with Gasteiger partial charge in [-0.2, -0.15) is 8.42 Å². The van der Waals surface area contributed by atoms with Crippen molar-refractivity contribution in [2.45, 2.75) is 4.90 Å². The van der Waals surface area contributed by atoms with E-state index in [-0.39, 0.29) is 4.90 Å². The normalized spacial score (nSPS) is 11.9. The SMILES string of the molecule is O=S(=O)(O/N=C(\c1ccccc1)c1ccccn1)c1ccccc1. The van der Waals surface area contributed by atoms with Gasteiger partial charge >= 0.3 is 10.1 Å². The van der Waals surface area contributed by atoms with Gasteiger partial charge in [0, 0.05) is 11.8 Å². The number of benzene rings is 2. The van der Waals surface area contributed by atoms with Crippen LogP contribution < -0.4 is 0 Å². The lowest BCUT2D eigenvalue weighted by Gasteiger charge is -2.06. The summed E-state index contributed by atoms with van der Waals surface area (Å²) in [5.74, 6) is 0. The third-order valence-corrected chi connectivity index (χ3v) is 4.33. The van der Waals surface area contributed by atoms with Crippen LogP contribution in [0.2, 0.25) is 0 Å². The number of hydrogen-bond acceptors (Lipinski definition) is 5. The summed E-state index contributed by atoms with van der Waals surface area (Å²) in [7, 11) is -3.99. The number of aromatic nitrogens is 1. The van der Waals surface area contributed by atoms with Crippen LogP contribution in [0.5, 0.6) is 0 Å². The van der Waals surface area contributed by atoms with E-state index in [1.165, 1.54) is 12.1 Å². The molecular formula is C18H14N2O3S. The quantitative estimate of drug-likeness (QED) is 0.529. The van der Waals surface area contributed by atoms with Crippen LogP contribution in [-0.4, -0.2) is 19.1 Å². The molecule has 0 saturated carbocycles. The molecule has 3 rings (SSSR count). The van der Waals surface area contributed by atoms with Gasteiger partial charge in [0.05, 0.1) is 5.69 Å². The molecule has 0 saturated heterocycles. The van der Waals surface area contributed by atoms with Gasteiger partial charge in [-0.25, -0.2) is 0 Å². The van der Waals surface area contributed by atoms with Crippen LogP contribution in [0.1, 0.15) is 11.3 Å². The highest BCUT2D eigenvalue weighted by atomic mass is 32.2. The second-order valence-electron chi connectivity index (χ2n) is 4.86. The first-order valence-electron chi connectivity index (χ1n) is 7.20. The van der Waals surface area contributed by atoms with Crippen molar-refractivity contribution >= 4 is 15.8 Å². The highest BCUT2D eigenvalue weighted by Crippen LogP contribution is 2.14. The van der Waals surface area contributed by atoms with Gasteiger partial charge in [0.15, 0.2) is 0 Å². The molecule has 2 aromatic carbocycles. The van der Waals surface area contributed by atoms with E-state index in [4.69, 9.17) is 4.28 Å². The van der Waals surface area contributed by atoms with Crippen LogP contribution in [0, 0.1) is 0 Å². The molecule has 0 aliphatic heterocycles. The van der Waals surface area contributed by atoms with E-state index >= 15 is 0 Å². The zero-order chi connectivity index (χ0) is 16.8. The maximum absolute atomic E-state index is 12.2. The Labute approximate surface area is 140 Å². The van der Waals surface area contributed by atoms with E-state index in [9.17, 15) is 8.42 Å².